The number of nitro groups is 1. The normalized spacial score (nSPS) is 15.0. The summed E-state index contributed by atoms with van der Waals surface area (Å²) in [5.74, 6) is -0.905. The number of rotatable bonds is 2. The molecule has 0 fully saturated rings. The summed E-state index contributed by atoms with van der Waals surface area (Å²) in [5, 5.41) is 9.98. The van der Waals surface area contributed by atoms with Crippen LogP contribution in [0.2, 0.25) is 0 Å². The average molecular weight is 151 g/mol. The molecule has 0 aromatic heterocycles. The van der Waals surface area contributed by atoms with Gasteiger partial charge in [0.2, 0.25) is 0 Å². The predicted molar refractivity (Wildman–Crippen MR) is 35.9 cm³/mol. The summed E-state index contributed by atoms with van der Waals surface area (Å²) in [6.07, 6.45) is 0. The van der Waals surface area contributed by atoms with Crippen molar-refractivity contribution in [2.45, 2.75) is 12.7 Å². The first-order valence-corrected chi connectivity index (χ1v) is 5.21. The van der Waals surface area contributed by atoms with Gasteiger partial charge in [0.1, 0.15) is 0 Å². The van der Waals surface area contributed by atoms with E-state index in [1.165, 1.54) is 20.3 Å². The summed E-state index contributed by atoms with van der Waals surface area (Å²) >= 11 is 0. The minimum atomic E-state index is -2.51. The van der Waals surface area contributed by atoms with Crippen LogP contribution in [-0.2, 0) is 4.57 Å². The van der Waals surface area contributed by atoms with Crippen LogP contribution < -0.4 is 0 Å². The molecule has 0 aromatic rings. The predicted octanol–water partition coefficient (Wildman–Crippen LogP) is 1.23. The molecule has 0 saturated carbocycles. The van der Waals surface area contributed by atoms with Crippen LogP contribution >= 0.6 is 7.14 Å². The molecule has 0 aromatic carbocycles. The van der Waals surface area contributed by atoms with Gasteiger partial charge in [-0.1, -0.05) is 0 Å². The monoisotopic (exact) mass is 151 g/mol. The molecular formula is C4H10NO3P. The van der Waals surface area contributed by atoms with Crippen molar-refractivity contribution < 1.29 is 9.49 Å². The Morgan fingerprint density at radius 2 is 1.89 bits per heavy atom. The van der Waals surface area contributed by atoms with E-state index in [0.717, 1.165) is 0 Å². The molecule has 1 atom stereocenters. The van der Waals surface area contributed by atoms with E-state index >= 15 is 0 Å². The topological polar surface area (TPSA) is 60.2 Å². The van der Waals surface area contributed by atoms with Crippen molar-refractivity contribution in [3.05, 3.63) is 10.1 Å². The first kappa shape index (κ1) is 8.63. The second-order valence-electron chi connectivity index (χ2n) is 2.35. The first-order valence-electron chi connectivity index (χ1n) is 2.54. The molecule has 0 saturated heterocycles. The van der Waals surface area contributed by atoms with Crippen molar-refractivity contribution in [2.24, 2.45) is 0 Å². The number of nitrogens with zero attached hydrogens (tertiary/aromatic N) is 1. The Bertz CT molecular complexity index is 161. The van der Waals surface area contributed by atoms with E-state index < -0.39 is 17.8 Å². The largest absolute Gasteiger partial charge is 0.317 e. The van der Waals surface area contributed by atoms with Crippen molar-refractivity contribution in [1.82, 2.24) is 0 Å². The van der Waals surface area contributed by atoms with Crippen LogP contribution in [0.3, 0.4) is 0 Å². The highest BCUT2D eigenvalue weighted by Crippen LogP contribution is 2.41. The van der Waals surface area contributed by atoms with Gasteiger partial charge in [0.25, 0.3) is 5.78 Å². The van der Waals surface area contributed by atoms with Gasteiger partial charge in [-0.05, 0) is 13.3 Å². The van der Waals surface area contributed by atoms with Crippen molar-refractivity contribution in [3.63, 3.8) is 0 Å². The molecule has 0 N–H and O–H groups in total. The van der Waals surface area contributed by atoms with Crippen LogP contribution in [-0.4, -0.2) is 24.0 Å². The minimum Gasteiger partial charge on any atom is -0.317 e. The Morgan fingerprint density at radius 3 is 1.89 bits per heavy atom. The SMILES string of the molecule is CC([N+](=O)[O-])P(C)(C)=O. The molecule has 0 radical (unpaired) electrons. The Balaban J connectivity index is 4.23. The molecule has 9 heavy (non-hydrogen) atoms. The van der Waals surface area contributed by atoms with E-state index in [9.17, 15) is 14.7 Å². The Labute approximate surface area is 53.8 Å². The Hall–Kier alpha value is -0.370. The third-order valence-corrected chi connectivity index (χ3v) is 3.19. The number of hydrogen-bond donors (Lipinski definition) is 0. The molecule has 0 aliphatic heterocycles. The van der Waals surface area contributed by atoms with Crippen molar-refractivity contribution in [3.8, 4) is 0 Å². The van der Waals surface area contributed by atoms with Crippen LogP contribution in [0.5, 0.6) is 0 Å². The molecular weight excluding hydrogens is 141 g/mol. The van der Waals surface area contributed by atoms with Gasteiger partial charge in [-0.15, -0.1) is 0 Å². The molecule has 0 rings (SSSR count). The molecule has 0 aliphatic carbocycles. The summed E-state index contributed by atoms with van der Waals surface area (Å²) < 4.78 is 10.9. The highest BCUT2D eigenvalue weighted by molar-refractivity contribution is 7.62. The lowest BCUT2D eigenvalue weighted by Crippen LogP contribution is -2.13. The molecule has 54 valence electrons. The minimum absolute atomic E-state index is 0.513. The molecule has 0 heterocycles. The Kier molecular flexibility index (Phi) is 2.38. The average Bonchev–Trinajstić information content (AvgIpc) is 1.62. The van der Waals surface area contributed by atoms with E-state index in [2.05, 4.69) is 0 Å². The zero-order chi connectivity index (χ0) is 7.65. The summed E-state index contributed by atoms with van der Waals surface area (Å²) in [4.78, 5) is 9.47. The second kappa shape index (κ2) is 2.48. The lowest BCUT2D eigenvalue weighted by molar-refractivity contribution is -0.493. The van der Waals surface area contributed by atoms with Crippen molar-refractivity contribution in [2.75, 3.05) is 13.3 Å². The second-order valence-corrected chi connectivity index (χ2v) is 5.97. The molecule has 0 aliphatic rings. The van der Waals surface area contributed by atoms with E-state index in [0.29, 0.717) is 0 Å². The van der Waals surface area contributed by atoms with Gasteiger partial charge in [0.15, 0.2) is 7.14 Å². The summed E-state index contributed by atoms with van der Waals surface area (Å²) in [6, 6.07) is 0. The molecule has 1 unspecified atom stereocenters. The third kappa shape index (κ3) is 2.61. The standard InChI is InChI=1S/C4H10NO3P/c1-4(5(6)7)9(2,3)8/h4H,1-3H3. The van der Waals surface area contributed by atoms with Crippen LogP contribution in [0.4, 0.5) is 0 Å². The molecule has 4 nitrogen and oxygen atoms in total. The van der Waals surface area contributed by atoms with Gasteiger partial charge >= 0.3 is 0 Å². The Morgan fingerprint density at radius 1 is 1.56 bits per heavy atom. The van der Waals surface area contributed by atoms with Gasteiger partial charge < -0.3 is 4.57 Å². The zero-order valence-corrected chi connectivity index (χ0v) is 6.59. The smallest absolute Gasteiger partial charge is 0.259 e. The van der Waals surface area contributed by atoms with Gasteiger partial charge in [0.05, 0.1) is 0 Å². The van der Waals surface area contributed by atoms with Gasteiger partial charge in [-0.2, -0.15) is 0 Å². The van der Waals surface area contributed by atoms with E-state index in [1.54, 1.807) is 0 Å². The highest BCUT2D eigenvalue weighted by Gasteiger charge is 2.27. The zero-order valence-electron chi connectivity index (χ0n) is 5.70. The summed E-state index contributed by atoms with van der Waals surface area (Å²) in [6.45, 7) is 4.20. The fourth-order valence-corrected chi connectivity index (χ4v) is 0.681. The third-order valence-electron chi connectivity index (χ3n) is 1.20. The summed E-state index contributed by atoms with van der Waals surface area (Å²) in [7, 11) is -2.51. The summed E-state index contributed by atoms with van der Waals surface area (Å²) in [5.41, 5.74) is 0. The highest BCUT2D eigenvalue weighted by atomic mass is 31.2. The lowest BCUT2D eigenvalue weighted by atomic mass is 10.8. The quantitative estimate of drug-likeness (QED) is 0.338. The molecule has 0 bridgehead atoms. The van der Waals surface area contributed by atoms with Gasteiger partial charge in [-0.25, -0.2) is 0 Å². The van der Waals surface area contributed by atoms with E-state index in [4.69, 9.17) is 0 Å². The number of hydrogen-bond acceptors (Lipinski definition) is 3. The van der Waals surface area contributed by atoms with Crippen LogP contribution in [0.15, 0.2) is 0 Å². The van der Waals surface area contributed by atoms with Gasteiger partial charge in [0, 0.05) is 11.8 Å². The van der Waals surface area contributed by atoms with Crippen molar-refractivity contribution in [1.29, 1.82) is 0 Å². The fourth-order valence-electron chi connectivity index (χ4n) is 0.227. The maximum absolute atomic E-state index is 10.9. The van der Waals surface area contributed by atoms with Crippen LogP contribution in [0.1, 0.15) is 6.92 Å². The first-order chi connectivity index (χ1) is 3.85. The maximum atomic E-state index is 10.9. The molecule has 0 amide bonds. The fraction of sp³-hybridized carbons (Fsp3) is 1.00. The molecule has 5 heteroatoms. The van der Waals surface area contributed by atoms with Crippen LogP contribution in [0, 0.1) is 10.1 Å². The molecule has 0 spiro atoms. The van der Waals surface area contributed by atoms with E-state index in [1.807, 2.05) is 0 Å². The van der Waals surface area contributed by atoms with E-state index in [-0.39, 0.29) is 0 Å². The lowest BCUT2D eigenvalue weighted by Gasteiger charge is -2.06. The van der Waals surface area contributed by atoms with Gasteiger partial charge in [-0.3, -0.25) is 10.1 Å². The van der Waals surface area contributed by atoms with Crippen LogP contribution in [0.25, 0.3) is 0 Å². The maximum Gasteiger partial charge on any atom is 0.259 e. The van der Waals surface area contributed by atoms with Crippen molar-refractivity contribution >= 4 is 7.14 Å².